The predicted octanol–water partition coefficient (Wildman–Crippen LogP) is 4.93. The number of benzene rings is 2. The minimum absolute atomic E-state index is 0.175. The lowest BCUT2D eigenvalue weighted by molar-refractivity contribution is -0.142. The molecule has 7 heteroatoms. The Labute approximate surface area is 188 Å². The molecule has 30 heavy (non-hydrogen) atoms. The zero-order chi connectivity index (χ0) is 22.3. The fourth-order valence-corrected chi connectivity index (χ4v) is 3.62. The van der Waals surface area contributed by atoms with Crippen molar-refractivity contribution in [3.63, 3.8) is 0 Å². The first-order chi connectivity index (χ1) is 14.3. The van der Waals surface area contributed by atoms with E-state index in [1.165, 1.54) is 4.90 Å². The summed E-state index contributed by atoms with van der Waals surface area (Å²) < 4.78 is 5.80. The van der Waals surface area contributed by atoms with Crippen LogP contribution in [-0.2, 0) is 16.1 Å². The SMILES string of the molecule is CCNC(=O)[C@H](CC)N(Cc1ccc(Cl)cc1Cl)C(=O)COc1cccc(C)c1C. The summed E-state index contributed by atoms with van der Waals surface area (Å²) in [6.07, 6.45) is 0.465. The highest BCUT2D eigenvalue weighted by molar-refractivity contribution is 6.35. The van der Waals surface area contributed by atoms with Gasteiger partial charge in [-0.05, 0) is 62.1 Å². The molecule has 0 saturated heterocycles. The molecule has 0 spiro atoms. The van der Waals surface area contributed by atoms with Crippen LogP contribution in [0.25, 0.3) is 0 Å². The summed E-state index contributed by atoms with van der Waals surface area (Å²) in [6, 6.07) is 10.2. The van der Waals surface area contributed by atoms with Crippen LogP contribution >= 0.6 is 23.2 Å². The number of aryl methyl sites for hydroxylation is 1. The number of carbonyl (C=O) groups excluding carboxylic acids is 2. The van der Waals surface area contributed by atoms with Crippen molar-refractivity contribution in [1.82, 2.24) is 10.2 Å². The molecule has 2 aromatic rings. The normalized spacial score (nSPS) is 11.7. The Kier molecular flexibility index (Phi) is 9.00. The highest BCUT2D eigenvalue weighted by Crippen LogP contribution is 2.24. The van der Waals surface area contributed by atoms with Crippen LogP contribution in [-0.4, -0.2) is 35.9 Å². The van der Waals surface area contributed by atoms with Gasteiger partial charge in [0.25, 0.3) is 5.91 Å². The van der Waals surface area contributed by atoms with Crippen molar-refractivity contribution in [1.29, 1.82) is 0 Å². The second-order valence-electron chi connectivity index (χ2n) is 7.06. The Balaban J connectivity index is 2.27. The highest BCUT2D eigenvalue weighted by atomic mass is 35.5. The van der Waals surface area contributed by atoms with E-state index in [0.29, 0.717) is 34.3 Å². The molecule has 0 heterocycles. The van der Waals surface area contributed by atoms with E-state index in [2.05, 4.69) is 5.32 Å². The van der Waals surface area contributed by atoms with E-state index >= 15 is 0 Å². The molecule has 0 unspecified atom stereocenters. The summed E-state index contributed by atoms with van der Waals surface area (Å²) in [4.78, 5) is 27.3. The zero-order valence-electron chi connectivity index (χ0n) is 17.8. The van der Waals surface area contributed by atoms with Gasteiger partial charge in [-0.1, -0.05) is 48.3 Å². The molecule has 5 nitrogen and oxygen atoms in total. The molecule has 2 aromatic carbocycles. The van der Waals surface area contributed by atoms with Crippen LogP contribution < -0.4 is 10.1 Å². The minimum atomic E-state index is -0.633. The third-order valence-electron chi connectivity index (χ3n) is 5.00. The van der Waals surface area contributed by atoms with Crippen molar-refractivity contribution in [3.05, 3.63) is 63.1 Å². The van der Waals surface area contributed by atoms with E-state index in [9.17, 15) is 9.59 Å². The summed E-state index contributed by atoms with van der Waals surface area (Å²) >= 11 is 12.3. The molecule has 1 atom stereocenters. The first-order valence-electron chi connectivity index (χ1n) is 9.98. The summed E-state index contributed by atoms with van der Waals surface area (Å²) in [5.74, 6) is 0.157. The highest BCUT2D eigenvalue weighted by Gasteiger charge is 2.29. The lowest BCUT2D eigenvalue weighted by Gasteiger charge is -2.31. The Morgan fingerprint density at radius 3 is 2.50 bits per heavy atom. The van der Waals surface area contributed by atoms with Gasteiger partial charge in [0, 0.05) is 23.1 Å². The third-order valence-corrected chi connectivity index (χ3v) is 5.59. The van der Waals surface area contributed by atoms with Crippen LogP contribution in [0.2, 0.25) is 10.0 Å². The topological polar surface area (TPSA) is 58.6 Å². The largest absolute Gasteiger partial charge is 0.483 e. The molecule has 0 radical (unpaired) electrons. The number of hydrogen-bond donors (Lipinski definition) is 1. The van der Waals surface area contributed by atoms with Gasteiger partial charge in [-0.15, -0.1) is 0 Å². The molecule has 0 fully saturated rings. The molecule has 0 saturated carbocycles. The average Bonchev–Trinajstić information content (AvgIpc) is 2.70. The maximum absolute atomic E-state index is 13.2. The predicted molar refractivity (Wildman–Crippen MR) is 121 cm³/mol. The number of hydrogen-bond acceptors (Lipinski definition) is 3. The van der Waals surface area contributed by atoms with Gasteiger partial charge in [0.05, 0.1) is 0 Å². The van der Waals surface area contributed by atoms with Gasteiger partial charge >= 0.3 is 0 Å². The first-order valence-corrected chi connectivity index (χ1v) is 10.7. The molecule has 2 rings (SSSR count). The maximum atomic E-state index is 13.2. The van der Waals surface area contributed by atoms with Gasteiger partial charge in [-0.2, -0.15) is 0 Å². The van der Waals surface area contributed by atoms with E-state index in [0.717, 1.165) is 11.1 Å². The molecule has 0 aliphatic rings. The number of amides is 2. The van der Waals surface area contributed by atoms with Crippen molar-refractivity contribution in [2.75, 3.05) is 13.2 Å². The Morgan fingerprint density at radius 2 is 1.87 bits per heavy atom. The lowest BCUT2D eigenvalue weighted by Crippen LogP contribution is -2.50. The fourth-order valence-electron chi connectivity index (χ4n) is 3.15. The van der Waals surface area contributed by atoms with Crippen molar-refractivity contribution >= 4 is 35.0 Å². The second kappa shape index (κ2) is 11.2. The van der Waals surface area contributed by atoms with Crippen molar-refractivity contribution < 1.29 is 14.3 Å². The van der Waals surface area contributed by atoms with Gasteiger partial charge in [0.1, 0.15) is 11.8 Å². The minimum Gasteiger partial charge on any atom is -0.483 e. The summed E-state index contributed by atoms with van der Waals surface area (Å²) in [5.41, 5.74) is 2.77. The van der Waals surface area contributed by atoms with E-state index in [4.69, 9.17) is 27.9 Å². The number of nitrogens with zero attached hydrogens (tertiary/aromatic N) is 1. The zero-order valence-corrected chi connectivity index (χ0v) is 19.3. The van der Waals surface area contributed by atoms with Gasteiger partial charge in [0.15, 0.2) is 6.61 Å². The van der Waals surface area contributed by atoms with Gasteiger partial charge in [-0.25, -0.2) is 0 Å². The van der Waals surface area contributed by atoms with Crippen LogP contribution in [0, 0.1) is 13.8 Å². The Morgan fingerprint density at radius 1 is 1.13 bits per heavy atom. The molecule has 1 N–H and O–H groups in total. The summed E-state index contributed by atoms with van der Waals surface area (Å²) in [7, 11) is 0. The Bertz CT molecular complexity index is 902. The van der Waals surface area contributed by atoms with E-state index in [1.54, 1.807) is 18.2 Å². The lowest BCUT2D eigenvalue weighted by atomic mass is 10.1. The monoisotopic (exact) mass is 450 g/mol. The van der Waals surface area contributed by atoms with Gasteiger partial charge in [0.2, 0.25) is 5.91 Å². The Hall–Kier alpha value is -2.24. The van der Waals surface area contributed by atoms with Crippen LogP contribution in [0.1, 0.15) is 37.0 Å². The summed E-state index contributed by atoms with van der Waals surface area (Å²) in [5, 5.41) is 3.76. The molecule has 0 aliphatic heterocycles. The standard InChI is InChI=1S/C23H28Cl2N2O3/c1-5-20(23(29)26-6-2)27(13-17-10-11-18(24)12-19(17)25)22(28)14-30-21-9-7-8-15(3)16(21)4/h7-12,20H,5-6,13-14H2,1-4H3,(H,26,29)/t20-/m0/s1. The number of halogens is 2. The van der Waals surface area contributed by atoms with Crippen LogP contribution in [0.15, 0.2) is 36.4 Å². The van der Waals surface area contributed by atoms with Crippen LogP contribution in [0.5, 0.6) is 5.75 Å². The molecule has 162 valence electrons. The number of likely N-dealkylation sites (N-methyl/N-ethyl adjacent to an activating group) is 1. The first kappa shape index (κ1) is 24.0. The number of ether oxygens (including phenoxy) is 1. The van der Waals surface area contributed by atoms with Crippen molar-refractivity contribution in [3.8, 4) is 5.75 Å². The van der Waals surface area contributed by atoms with E-state index in [1.807, 2.05) is 45.9 Å². The van der Waals surface area contributed by atoms with Crippen molar-refractivity contribution in [2.24, 2.45) is 0 Å². The number of carbonyl (C=O) groups is 2. The van der Waals surface area contributed by atoms with Crippen molar-refractivity contribution in [2.45, 2.75) is 46.7 Å². The second-order valence-corrected chi connectivity index (χ2v) is 7.91. The summed E-state index contributed by atoms with van der Waals surface area (Å²) in [6.45, 7) is 8.14. The van der Waals surface area contributed by atoms with Gasteiger partial charge in [-0.3, -0.25) is 9.59 Å². The smallest absolute Gasteiger partial charge is 0.261 e. The molecule has 2 amide bonds. The maximum Gasteiger partial charge on any atom is 0.261 e. The average molecular weight is 451 g/mol. The van der Waals surface area contributed by atoms with Gasteiger partial charge < -0.3 is 15.0 Å². The molecule has 0 aromatic heterocycles. The molecular weight excluding hydrogens is 423 g/mol. The van der Waals surface area contributed by atoms with Crippen LogP contribution in [0.3, 0.4) is 0 Å². The fraction of sp³-hybridized carbons (Fsp3) is 0.391. The molecule has 0 bridgehead atoms. The quantitative estimate of drug-likeness (QED) is 0.588. The molecule has 0 aliphatic carbocycles. The third kappa shape index (κ3) is 6.13. The van der Waals surface area contributed by atoms with E-state index < -0.39 is 6.04 Å². The number of nitrogens with one attached hydrogen (secondary N) is 1. The van der Waals surface area contributed by atoms with E-state index in [-0.39, 0.29) is 25.0 Å². The number of rotatable bonds is 9. The van der Waals surface area contributed by atoms with Crippen LogP contribution in [0.4, 0.5) is 0 Å². The molecular formula is C23H28Cl2N2O3.